The highest BCUT2D eigenvalue weighted by molar-refractivity contribution is 7.21. The van der Waals surface area contributed by atoms with Crippen LogP contribution in [0.15, 0.2) is 36.1 Å². The van der Waals surface area contributed by atoms with Gasteiger partial charge in [0.1, 0.15) is 10.8 Å². The van der Waals surface area contributed by atoms with Crippen LogP contribution >= 0.6 is 34.3 Å². The maximum atomic E-state index is 13.2. The van der Waals surface area contributed by atoms with E-state index in [9.17, 15) is 9.18 Å². The first-order chi connectivity index (χ1) is 13.0. The molecule has 3 rings (SSSR count). The molecule has 3 aromatic rings. The molecule has 0 spiro atoms. The fraction of sp³-hybridized carbons (Fsp3) is 0.278. The number of carbonyl (C=O) groups excluding carboxylic acids is 1. The first-order valence-corrected chi connectivity index (χ1v) is 10.3. The molecule has 2 atom stereocenters. The Kier molecular flexibility index (Phi) is 6.54. The van der Waals surface area contributed by atoms with E-state index in [1.807, 2.05) is 26.4 Å². The van der Waals surface area contributed by atoms with Crippen LogP contribution in [0, 0.1) is 11.7 Å². The van der Waals surface area contributed by atoms with Gasteiger partial charge >= 0.3 is 0 Å². The standard InChI is InChI=1S/C18H18ClFN4OS2/c1-10(17(25)24-11-3-4-13(20)12(19)6-11)5-14(21-2)18-23-8-16(27-18)15-7-22-9-26-15/h3-4,6-10,14,21H,5H2,1-2H3,(H,24,25)/t10-,14+/m0/s1. The Bertz CT molecular complexity index is 916. The molecule has 2 heterocycles. The van der Waals surface area contributed by atoms with Crippen LogP contribution in [0.1, 0.15) is 24.4 Å². The smallest absolute Gasteiger partial charge is 0.227 e. The number of hydrogen-bond donors (Lipinski definition) is 2. The van der Waals surface area contributed by atoms with Gasteiger partial charge in [0.15, 0.2) is 0 Å². The number of anilines is 1. The van der Waals surface area contributed by atoms with Crippen molar-refractivity contribution in [2.75, 3.05) is 12.4 Å². The predicted octanol–water partition coefficient (Wildman–Crippen LogP) is 4.98. The Morgan fingerprint density at radius 1 is 1.33 bits per heavy atom. The van der Waals surface area contributed by atoms with Gasteiger partial charge in [-0.1, -0.05) is 18.5 Å². The quantitative estimate of drug-likeness (QED) is 0.561. The summed E-state index contributed by atoms with van der Waals surface area (Å²) in [6, 6.07) is 4.08. The SMILES string of the molecule is CN[C@H](C[C@H](C)C(=O)Nc1ccc(F)c(Cl)c1)c1ncc(-c2cncs2)s1. The molecule has 0 aliphatic rings. The molecular formula is C18H18ClFN4OS2. The van der Waals surface area contributed by atoms with Gasteiger partial charge in [-0.3, -0.25) is 9.78 Å². The van der Waals surface area contributed by atoms with Crippen molar-refractivity contribution in [2.45, 2.75) is 19.4 Å². The number of nitrogens with zero attached hydrogens (tertiary/aromatic N) is 2. The summed E-state index contributed by atoms with van der Waals surface area (Å²) in [5.41, 5.74) is 2.26. The topological polar surface area (TPSA) is 66.9 Å². The van der Waals surface area contributed by atoms with E-state index >= 15 is 0 Å². The molecule has 0 saturated heterocycles. The molecule has 1 aromatic carbocycles. The van der Waals surface area contributed by atoms with Gasteiger partial charge in [-0.15, -0.1) is 22.7 Å². The molecule has 2 N–H and O–H groups in total. The Hall–Kier alpha value is -1.87. The first-order valence-electron chi connectivity index (χ1n) is 8.25. The maximum absolute atomic E-state index is 13.2. The summed E-state index contributed by atoms with van der Waals surface area (Å²) in [7, 11) is 1.85. The summed E-state index contributed by atoms with van der Waals surface area (Å²) >= 11 is 8.92. The second-order valence-corrected chi connectivity index (χ2v) is 8.38. The van der Waals surface area contributed by atoms with Crippen molar-refractivity contribution in [1.29, 1.82) is 0 Å². The van der Waals surface area contributed by atoms with E-state index in [1.54, 1.807) is 28.2 Å². The molecule has 0 radical (unpaired) electrons. The Morgan fingerprint density at radius 2 is 2.15 bits per heavy atom. The number of carbonyl (C=O) groups is 1. The molecule has 1 amide bonds. The monoisotopic (exact) mass is 424 g/mol. The van der Waals surface area contributed by atoms with E-state index in [-0.39, 0.29) is 22.9 Å². The molecule has 0 fully saturated rings. The minimum Gasteiger partial charge on any atom is -0.326 e. The van der Waals surface area contributed by atoms with Crippen molar-refractivity contribution < 1.29 is 9.18 Å². The summed E-state index contributed by atoms with van der Waals surface area (Å²) in [6.07, 6.45) is 4.23. The molecule has 142 valence electrons. The van der Waals surface area contributed by atoms with Gasteiger partial charge in [0.2, 0.25) is 5.91 Å². The zero-order valence-corrected chi connectivity index (χ0v) is 17.1. The van der Waals surface area contributed by atoms with Crippen LogP contribution in [0.5, 0.6) is 0 Å². The average molecular weight is 425 g/mol. The zero-order chi connectivity index (χ0) is 19.4. The van der Waals surface area contributed by atoms with E-state index < -0.39 is 5.82 Å². The van der Waals surface area contributed by atoms with E-state index in [4.69, 9.17) is 11.6 Å². The minimum atomic E-state index is -0.515. The third kappa shape index (κ3) is 4.90. The summed E-state index contributed by atoms with van der Waals surface area (Å²) in [4.78, 5) is 23.2. The highest BCUT2D eigenvalue weighted by Gasteiger charge is 2.22. The van der Waals surface area contributed by atoms with Crippen LogP contribution in [0.2, 0.25) is 5.02 Å². The summed E-state index contributed by atoms with van der Waals surface area (Å²) in [6.45, 7) is 1.85. The largest absolute Gasteiger partial charge is 0.326 e. The number of thiazole rings is 2. The van der Waals surface area contributed by atoms with E-state index in [0.717, 1.165) is 14.8 Å². The fourth-order valence-corrected chi connectivity index (χ4v) is 4.46. The Balaban J connectivity index is 1.64. The average Bonchev–Trinajstić information content (AvgIpc) is 3.33. The van der Waals surface area contributed by atoms with E-state index in [1.165, 1.54) is 18.2 Å². The van der Waals surface area contributed by atoms with Crippen molar-refractivity contribution in [3.63, 3.8) is 0 Å². The van der Waals surface area contributed by atoms with Gasteiger partial charge in [0, 0.05) is 24.0 Å². The number of amides is 1. The van der Waals surface area contributed by atoms with Crippen LogP contribution in [0.4, 0.5) is 10.1 Å². The van der Waals surface area contributed by atoms with Crippen LogP contribution in [-0.4, -0.2) is 22.9 Å². The second kappa shape index (κ2) is 8.88. The Labute approximate surface area is 169 Å². The van der Waals surface area contributed by atoms with Crippen molar-refractivity contribution in [2.24, 2.45) is 5.92 Å². The zero-order valence-electron chi connectivity index (χ0n) is 14.7. The molecule has 0 aliphatic carbocycles. The van der Waals surface area contributed by atoms with E-state index in [0.29, 0.717) is 12.1 Å². The second-order valence-electron chi connectivity index (χ2n) is 6.02. The lowest BCUT2D eigenvalue weighted by molar-refractivity contribution is -0.119. The molecule has 0 unspecified atom stereocenters. The fourth-order valence-electron chi connectivity index (χ4n) is 2.54. The normalized spacial score (nSPS) is 13.3. The highest BCUT2D eigenvalue weighted by Crippen LogP contribution is 2.33. The molecule has 2 aromatic heterocycles. The number of rotatable bonds is 7. The predicted molar refractivity (Wildman–Crippen MR) is 109 cm³/mol. The van der Waals surface area contributed by atoms with E-state index in [2.05, 4.69) is 20.6 Å². The van der Waals surface area contributed by atoms with Crippen molar-refractivity contribution in [1.82, 2.24) is 15.3 Å². The summed E-state index contributed by atoms with van der Waals surface area (Å²) in [5, 5.41) is 6.91. The molecule has 0 saturated carbocycles. The molecule has 27 heavy (non-hydrogen) atoms. The van der Waals surface area contributed by atoms with Crippen LogP contribution in [-0.2, 0) is 4.79 Å². The molecule has 5 nitrogen and oxygen atoms in total. The molecule has 0 aliphatic heterocycles. The van der Waals surface area contributed by atoms with Gasteiger partial charge in [0.25, 0.3) is 0 Å². The lowest BCUT2D eigenvalue weighted by Crippen LogP contribution is -2.26. The van der Waals surface area contributed by atoms with Crippen molar-refractivity contribution in [3.8, 4) is 9.75 Å². The van der Waals surface area contributed by atoms with Crippen LogP contribution in [0.3, 0.4) is 0 Å². The lowest BCUT2D eigenvalue weighted by atomic mass is 10.0. The molecular weight excluding hydrogens is 407 g/mol. The van der Waals surface area contributed by atoms with Gasteiger partial charge in [0.05, 0.1) is 26.3 Å². The van der Waals surface area contributed by atoms with Gasteiger partial charge in [-0.25, -0.2) is 9.37 Å². The number of nitrogens with one attached hydrogen (secondary N) is 2. The van der Waals surface area contributed by atoms with Gasteiger partial charge in [-0.05, 0) is 31.7 Å². The third-order valence-corrected chi connectivity index (χ3v) is 6.44. The van der Waals surface area contributed by atoms with Gasteiger partial charge in [-0.2, -0.15) is 0 Å². The Morgan fingerprint density at radius 3 is 2.81 bits per heavy atom. The highest BCUT2D eigenvalue weighted by atomic mass is 35.5. The lowest BCUT2D eigenvalue weighted by Gasteiger charge is -2.18. The van der Waals surface area contributed by atoms with Crippen molar-refractivity contribution in [3.05, 3.63) is 52.0 Å². The minimum absolute atomic E-state index is 0.0214. The van der Waals surface area contributed by atoms with Gasteiger partial charge < -0.3 is 10.6 Å². The number of halogens is 2. The molecule has 9 heteroatoms. The summed E-state index contributed by atoms with van der Waals surface area (Å²) in [5.74, 6) is -0.947. The number of aromatic nitrogens is 2. The maximum Gasteiger partial charge on any atom is 0.227 e. The number of benzene rings is 1. The number of hydrogen-bond acceptors (Lipinski definition) is 6. The third-order valence-electron chi connectivity index (χ3n) is 4.07. The first kappa shape index (κ1) is 19.9. The summed E-state index contributed by atoms with van der Waals surface area (Å²) < 4.78 is 13.2. The van der Waals surface area contributed by atoms with Crippen LogP contribution in [0.25, 0.3) is 9.75 Å². The van der Waals surface area contributed by atoms with Crippen molar-refractivity contribution >= 4 is 45.9 Å². The molecule has 0 bridgehead atoms. The van der Waals surface area contributed by atoms with Crippen LogP contribution < -0.4 is 10.6 Å².